The van der Waals surface area contributed by atoms with Gasteiger partial charge in [0, 0.05) is 0 Å². The van der Waals surface area contributed by atoms with Crippen LogP contribution in [0.3, 0.4) is 0 Å². The first-order chi connectivity index (χ1) is 14.0. The van der Waals surface area contributed by atoms with Gasteiger partial charge in [-0.15, -0.1) is 11.3 Å². The molecule has 3 aromatic rings. The van der Waals surface area contributed by atoms with E-state index in [-0.39, 0.29) is 5.56 Å². The topological polar surface area (TPSA) is 98.5 Å². The van der Waals surface area contributed by atoms with Crippen LogP contribution in [0.25, 0.3) is 0 Å². The molecule has 148 valence electrons. The number of thiophene rings is 1. The Kier molecular flexibility index (Phi) is 6.41. The number of ether oxygens (including phenoxy) is 1. The number of hydrogen-bond donors (Lipinski definition) is 2. The maximum atomic E-state index is 13.0. The summed E-state index contributed by atoms with van der Waals surface area (Å²) in [6.07, 6.45) is -1.06. The zero-order chi connectivity index (χ0) is 20.8. The van der Waals surface area contributed by atoms with E-state index in [1.54, 1.807) is 5.38 Å². The maximum absolute atomic E-state index is 13.0. The van der Waals surface area contributed by atoms with Gasteiger partial charge in [-0.3, -0.25) is 14.4 Å². The van der Waals surface area contributed by atoms with Gasteiger partial charge in [0.05, 0.1) is 5.56 Å². The fourth-order valence-corrected chi connectivity index (χ4v) is 3.66. The average Bonchev–Trinajstić information content (AvgIpc) is 3.18. The molecule has 0 saturated heterocycles. The quantitative estimate of drug-likeness (QED) is 0.584. The van der Waals surface area contributed by atoms with Gasteiger partial charge >= 0.3 is 5.97 Å². The average molecular weight is 408 g/mol. The minimum Gasteiger partial charge on any atom is -0.452 e. The Labute approximate surface area is 172 Å². The molecule has 0 aliphatic heterocycles. The number of nitrogens with two attached hydrogens (primary N) is 1. The van der Waals surface area contributed by atoms with Crippen molar-refractivity contribution in [1.82, 2.24) is 0 Å². The highest BCUT2D eigenvalue weighted by atomic mass is 32.1. The lowest BCUT2D eigenvalue weighted by atomic mass is 9.91. The molecule has 0 fully saturated rings. The number of anilines is 1. The lowest BCUT2D eigenvalue weighted by Crippen LogP contribution is -2.32. The molecule has 29 heavy (non-hydrogen) atoms. The van der Waals surface area contributed by atoms with E-state index in [1.807, 2.05) is 60.7 Å². The summed E-state index contributed by atoms with van der Waals surface area (Å²) in [7, 11) is 0. The fraction of sp³-hybridized carbons (Fsp3) is 0.136. The van der Waals surface area contributed by atoms with Crippen molar-refractivity contribution in [2.75, 3.05) is 5.32 Å². The second kappa shape index (κ2) is 9.16. The van der Waals surface area contributed by atoms with Crippen LogP contribution in [0.15, 0.2) is 72.1 Å². The third-order valence-electron chi connectivity index (χ3n) is 4.33. The minimum atomic E-state index is -1.06. The Morgan fingerprint density at radius 3 is 2.00 bits per heavy atom. The van der Waals surface area contributed by atoms with Crippen LogP contribution in [0.2, 0.25) is 0 Å². The summed E-state index contributed by atoms with van der Waals surface area (Å²) in [6.45, 7) is 1.48. The van der Waals surface area contributed by atoms with Crippen molar-refractivity contribution in [3.05, 3.63) is 88.8 Å². The number of hydrogen-bond acceptors (Lipinski definition) is 5. The Hall–Kier alpha value is -3.45. The molecule has 1 atom stereocenters. The van der Waals surface area contributed by atoms with Crippen LogP contribution in [0.5, 0.6) is 0 Å². The van der Waals surface area contributed by atoms with Crippen LogP contribution in [-0.2, 0) is 14.3 Å². The number of benzene rings is 2. The van der Waals surface area contributed by atoms with Crippen LogP contribution < -0.4 is 11.1 Å². The molecule has 0 saturated carbocycles. The lowest BCUT2D eigenvalue weighted by molar-refractivity contribution is -0.153. The normalized spacial score (nSPS) is 11.7. The Morgan fingerprint density at radius 2 is 1.48 bits per heavy atom. The first kappa shape index (κ1) is 20.3. The van der Waals surface area contributed by atoms with Crippen LogP contribution in [0, 0.1) is 0 Å². The molecule has 1 heterocycles. The molecule has 0 bridgehead atoms. The zero-order valence-electron chi connectivity index (χ0n) is 15.7. The second-order valence-corrected chi connectivity index (χ2v) is 7.27. The largest absolute Gasteiger partial charge is 0.452 e. The summed E-state index contributed by atoms with van der Waals surface area (Å²) in [6, 6.07) is 20.0. The van der Waals surface area contributed by atoms with Gasteiger partial charge in [-0.1, -0.05) is 60.7 Å². The summed E-state index contributed by atoms with van der Waals surface area (Å²) in [5, 5.41) is 4.57. The van der Waals surface area contributed by atoms with Gasteiger partial charge in [-0.2, -0.15) is 0 Å². The number of rotatable bonds is 7. The van der Waals surface area contributed by atoms with Crippen LogP contribution >= 0.6 is 11.3 Å². The highest BCUT2D eigenvalue weighted by Gasteiger charge is 2.28. The predicted molar refractivity (Wildman–Crippen MR) is 112 cm³/mol. The van der Waals surface area contributed by atoms with Gasteiger partial charge in [-0.05, 0) is 29.5 Å². The number of amides is 2. The monoisotopic (exact) mass is 408 g/mol. The maximum Gasteiger partial charge on any atom is 0.318 e. The zero-order valence-corrected chi connectivity index (χ0v) is 16.5. The van der Waals surface area contributed by atoms with Gasteiger partial charge in [0.25, 0.3) is 11.8 Å². The van der Waals surface area contributed by atoms with Crippen molar-refractivity contribution in [3.63, 3.8) is 0 Å². The summed E-state index contributed by atoms with van der Waals surface area (Å²) in [4.78, 5) is 36.9. The molecule has 2 aromatic carbocycles. The van der Waals surface area contributed by atoms with E-state index in [0.29, 0.717) is 5.00 Å². The summed E-state index contributed by atoms with van der Waals surface area (Å²) < 4.78 is 5.47. The van der Waals surface area contributed by atoms with Crippen molar-refractivity contribution in [2.24, 2.45) is 5.73 Å². The first-order valence-corrected chi connectivity index (χ1v) is 9.84. The number of primary amides is 1. The highest BCUT2D eigenvalue weighted by Crippen LogP contribution is 2.27. The molecule has 3 rings (SSSR count). The minimum absolute atomic E-state index is 0.216. The Morgan fingerprint density at radius 1 is 0.931 bits per heavy atom. The highest BCUT2D eigenvalue weighted by molar-refractivity contribution is 7.14. The number of carbonyl (C=O) groups excluding carboxylic acids is 3. The van der Waals surface area contributed by atoms with E-state index in [1.165, 1.54) is 24.3 Å². The van der Waals surface area contributed by atoms with Gasteiger partial charge in [0.1, 0.15) is 10.9 Å². The molecule has 7 heteroatoms. The summed E-state index contributed by atoms with van der Waals surface area (Å²) in [5.41, 5.74) is 7.05. The van der Waals surface area contributed by atoms with Crippen LogP contribution in [0.4, 0.5) is 5.00 Å². The predicted octanol–water partition coefficient (Wildman–Crippen LogP) is 3.55. The molecule has 0 aliphatic carbocycles. The van der Waals surface area contributed by atoms with Crippen LogP contribution in [0.1, 0.15) is 34.3 Å². The standard InChI is InChI=1S/C22H20N2O4S/c1-14(20(26)24-21-17(19(23)25)12-13-29-21)28-22(27)18(15-8-4-2-5-9-15)16-10-6-3-7-11-16/h2-14,18H,1H3,(H2,23,25)(H,24,26). The van der Waals surface area contributed by atoms with Gasteiger partial charge in [-0.25, -0.2) is 0 Å². The summed E-state index contributed by atoms with van der Waals surface area (Å²) >= 11 is 1.17. The van der Waals surface area contributed by atoms with Crippen molar-refractivity contribution in [2.45, 2.75) is 18.9 Å². The third kappa shape index (κ3) is 4.89. The SMILES string of the molecule is CC(OC(=O)C(c1ccccc1)c1ccccc1)C(=O)Nc1sccc1C(N)=O. The Bertz CT molecular complexity index is 962. The van der Waals surface area contributed by atoms with E-state index in [0.717, 1.165) is 11.1 Å². The first-order valence-electron chi connectivity index (χ1n) is 8.96. The molecule has 1 aromatic heterocycles. The van der Waals surface area contributed by atoms with Gasteiger partial charge in [0.15, 0.2) is 6.10 Å². The molecular formula is C22H20N2O4S. The van der Waals surface area contributed by atoms with E-state index < -0.39 is 29.8 Å². The lowest BCUT2D eigenvalue weighted by Gasteiger charge is -2.20. The molecule has 0 spiro atoms. The molecule has 0 radical (unpaired) electrons. The molecule has 2 amide bonds. The van der Waals surface area contributed by atoms with Crippen molar-refractivity contribution in [3.8, 4) is 0 Å². The van der Waals surface area contributed by atoms with Gasteiger partial charge < -0.3 is 15.8 Å². The fourth-order valence-electron chi connectivity index (χ4n) is 2.87. The second-order valence-electron chi connectivity index (χ2n) is 6.35. The van der Waals surface area contributed by atoms with E-state index in [2.05, 4.69) is 5.32 Å². The summed E-state index contributed by atoms with van der Waals surface area (Å²) in [5.74, 6) is -2.37. The van der Waals surface area contributed by atoms with Crippen molar-refractivity contribution >= 4 is 34.1 Å². The van der Waals surface area contributed by atoms with E-state index >= 15 is 0 Å². The Balaban J connectivity index is 1.76. The number of nitrogens with one attached hydrogen (secondary N) is 1. The molecule has 0 aliphatic rings. The third-order valence-corrected chi connectivity index (χ3v) is 5.16. The van der Waals surface area contributed by atoms with E-state index in [9.17, 15) is 14.4 Å². The molecule has 1 unspecified atom stereocenters. The van der Waals surface area contributed by atoms with Crippen molar-refractivity contribution in [1.29, 1.82) is 0 Å². The smallest absolute Gasteiger partial charge is 0.318 e. The molecule has 3 N–H and O–H groups in total. The number of carbonyl (C=O) groups is 3. The van der Waals surface area contributed by atoms with E-state index in [4.69, 9.17) is 10.5 Å². The molecular weight excluding hydrogens is 388 g/mol. The van der Waals surface area contributed by atoms with Gasteiger partial charge in [0.2, 0.25) is 0 Å². The molecule has 6 nitrogen and oxygen atoms in total. The van der Waals surface area contributed by atoms with Crippen LogP contribution in [-0.4, -0.2) is 23.9 Å². The number of esters is 1. The van der Waals surface area contributed by atoms with Crippen molar-refractivity contribution < 1.29 is 19.1 Å².